The molecule has 0 saturated carbocycles. The van der Waals surface area contributed by atoms with E-state index in [1.807, 2.05) is 103 Å². The molecule has 3 heterocycles. The molecule has 0 saturated heterocycles. The molecule has 0 spiro atoms. The standard InChI is InChI=1S/C32H29N5O3S/c1-3-5-19-40-27-15-11-22(12-16-27)29-24(21-36(34-29)25-9-7-6-8-10-25)20-28-31(38)37-32(41-28)33-30(35-37)23-13-17-26(18-14-23)39-4-2/h6-18,20-21H,3-5,19H2,1-2H3/b28-20-. The summed E-state index contributed by atoms with van der Waals surface area (Å²) in [4.78, 5) is 18.6. The van der Waals surface area contributed by atoms with E-state index in [-0.39, 0.29) is 5.56 Å². The zero-order valence-electron chi connectivity index (χ0n) is 22.9. The molecule has 0 fully saturated rings. The van der Waals surface area contributed by atoms with Crippen LogP contribution in [-0.4, -0.2) is 37.6 Å². The highest BCUT2D eigenvalue weighted by Crippen LogP contribution is 2.27. The van der Waals surface area contributed by atoms with Crippen molar-refractivity contribution in [1.82, 2.24) is 24.4 Å². The average molecular weight is 564 g/mol. The monoisotopic (exact) mass is 563 g/mol. The first-order chi connectivity index (χ1) is 20.1. The van der Waals surface area contributed by atoms with Gasteiger partial charge in [0.2, 0.25) is 4.96 Å². The first kappa shape index (κ1) is 26.5. The number of nitrogens with zero attached hydrogens (tertiary/aromatic N) is 5. The Bertz CT molecular complexity index is 1870. The van der Waals surface area contributed by atoms with E-state index >= 15 is 0 Å². The number of hydrogen-bond acceptors (Lipinski definition) is 7. The van der Waals surface area contributed by atoms with Gasteiger partial charge in [0.15, 0.2) is 5.82 Å². The Morgan fingerprint density at radius 3 is 2.24 bits per heavy atom. The fourth-order valence-corrected chi connectivity index (χ4v) is 5.34. The molecule has 0 radical (unpaired) electrons. The molecular formula is C32H29N5O3S. The molecule has 0 amide bonds. The topological polar surface area (TPSA) is 83.5 Å². The van der Waals surface area contributed by atoms with Crippen molar-refractivity contribution in [2.75, 3.05) is 13.2 Å². The second kappa shape index (κ2) is 11.8. The Kier molecular flexibility index (Phi) is 7.60. The normalized spacial score (nSPS) is 11.8. The first-order valence-electron chi connectivity index (χ1n) is 13.7. The SMILES string of the molecule is CCCCOc1ccc(-c2nn(-c3ccccc3)cc2/C=c2\sc3nc(-c4ccc(OCC)cc4)nn3c2=O)cc1. The highest BCUT2D eigenvalue weighted by molar-refractivity contribution is 7.15. The largest absolute Gasteiger partial charge is 0.494 e. The molecule has 206 valence electrons. The lowest BCUT2D eigenvalue weighted by atomic mass is 10.1. The fourth-order valence-electron chi connectivity index (χ4n) is 4.44. The number of rotatable bonds is 10. The summed E-state index contributed by atoms with van der Waals surface area (Å²) in [5.41, 5.74) is 4.05. The van der Waals surface area contributed by atoms with Crippen LogP contribution in [0.5, 0.6) is 11.5 Å². The zero-order valence-corrected chi connectivity index (χ0v) is 23.7. The number of hydrogen-bond donors (Lipinski definition) is 0. The van der Waals surface area contributed by atoms with Crippen molar-refractivity contribution < 1.29 is 9.47 Å². The van der Waals surface area contributed by atoms with Crippen LogP contribution in [0.2, 0.25) is 0 Å². The second-order valence-corrected chi connectivity index (χ2v) is 10.5. The highest BCUT2D eigenvalue weighted by atomic mass is 32.1. The van der Waals surface area contributed by atoms with E-state index in [2.05, 4.69) is 17.0 Å². The summed E-state index contributed by atoms with van der Waals surface area (Å²) in [5.74, 6) is 2.11. The van der Waals surface area contributed by atoms with E-state index < -0.39 is 0 Å². The van der Waals surface area contributed by atoms with Crippen molar-refractivity contribution in [2.45, 2.75) is 26.7 Å². The van der Waals surface area contributed by atoms with Crippen LogP contribution >= 0.6 is 11.3 Å². The molecule has 0 unspecified atom stereocenters. The Hall–Kier alpha value is -4.76. The smallest absolute Gasteiger partial charge is 0.291 e. The summed E-state index contributed by atoms with van der Waals surface area (Å²) < 4.78 is 15.1. The summed E-state index contributed by atoms with van der Waals surface area (Å²) in [6.07, 6.45) is 5.91. The number of para-hydroxylation sites is 1. The van der Waals surface area contributed by atoms with Crippen molar-refractivity contribution in [1.29, 1.82) is 0 Å². The summed E-state index contributed by atoms with van der Waals surface area (Å²) in [7, 11) is 0. The van der Waals surface area contributed by atoms with Gasteiger partial charge in [-0.3, -0.25) is 4.79 Å². The third-order valence-corrected chi connectivity index (χ3v) is 7.51. The van der Waals surface area contributed by atoms with Gasteiger partial charge in [-0.15, -0.1) is 5.10 Å². The second-order valence-electron chi connectivity index (χ2n) is 9.44. The Morgan fingerprint density at radius 1 is 0.854 bits per heavy atom. The molecule has 6 rings (SSSR count). The number of unbranched alkanes of at least 4 members (excludes halogenated alkanes) is 1. The van der Waals surface area contributed by atoms with Gasteiger partial charge >= 0.3 is 0 Å². The molecule has 8 nitrogen and oxygen atoms in total. The maximum atomic E-state index is 13.4. The van der Waals surface area contributed by atoms with Crippen molar-refractivity contribution in [2.24, 2.45) is 0 Å². The number of ether oxygens (including phenoxy) is 2. The average Bonchev–Trinajstić information content (AvgIpc) is 3.70. The first-order valence-corrected chi connectivity index (χ1v) is 14.5. The van der Waals surface area contributed by atoms with E-state index in [1.54, 1.807) is 0 Å². The van der Waals surface area contributed by atoms with E-state index in [9.17, 15) is 4.79 Å². The summed E-state index contributed by atoms with van der Waals surface area (Å²) in [5, 5.41) is 9.40. The van der Waals surface area contributed by atoms with Crippen LogP contribution in [0.15, 0.2) is 89.9 Å². The number of benzene rings is 3. The molecular weight excluding hydrogens is 534 g/mol. The molecule has 0 aliphatic carbocycles. The van der Waals surface area contributed by atoms with Gasteiger partial charge in [-0.1, -0.05) is 42.9 Å². The predicted molar refractivity (Wildman–Crippen MR) is 162 cm³/mol. The zero-order chi connectivity index (χ0) is 28.2. The van der Waals surface area contributed by atoms with Gasteiger partial charge in [0.25, 0.3) is 5.56 Å². The number of aromatic nitrogens is 5. The van der Waals surface area contributed by atoms with E-state index in [4.69, 9.17) is 14.6 Å². The third kappa shape index (κ3) is 5.62. The van der Waals surface area contributed by atoms with Crippen LogP contribution < -0.4 is 19.6 Å². The summed E-state index contributed by atoms with van der Waals surface area (Å²) >= 11 is 1.31. The third-order valence-electron chi connectivity index (χ3n) is 6.55. The Labute approximate surface area is 241 Å². The van der Waals surface area contributed by atoms with Gasteiger partial charge in [0.05, 0.1) is 23.4 Å². The molecule has 0 N–H and O–H groups in total. The molecule has 3 aromatic carbocycles. The van der Waals surface area contributed by atoms with Gasteiger partial charge in [0.1, 0.15) is 17.2 Å². The summed E-state index contributed by atoms with van der Waals surface area (Å²) in [6.45, 7) is 5.38. The Morgan fingerprint density at radius 2 is 1.56 bits per heavy atom. The van der Waals surface area contributed by atoms with E-state index in [0.29, 0.717) is 28.5 Å². The molecule has 41 heavy (non-hydrogen) atoms. The van der Waals surface area contributed by atoms with E-state index in [1.165, 1.54) is 15.9 Å². The summed E-state index contributed by atoms with van der Waals surface area (Å²) in [6, 6.07) is 25.4. The fraction of sp³-hybridized carbons (Fsp3) is 0.188. The van der Waals surface area contributed by atoms with Gasteiger partial charge in [0, 0.05) is 22.9 Å². The van der Waals surface area contributed by atoms with Gasteiger partial charge < -0.3 is 9.47 Å². The van der Waals surface area contributed by atoms with Gasteiger partial charge in [-0.2, -0.15) is 14.6 Å². The highest BCUT2D eigenvalue weighted by Gasteiger charge is 2.15. The molecule has 0 aliphatic heterocycles. The van der Waals surface area contributed by atoms with Crippen molar-refractivity contribution >= 4 is 22.4 Å². The molecule has 3 aromatic heterocycles. The van der Waals surface area contributed by atoms with Crippen molar-refractivity contribution in [3.8, 4) is 39.8 Å². The maximum Gasteiger partial charge on any atom is 0.291 e. The minimum atomic E-state index is -0.215. The molecule has 0 atom stereocenters. The minimum absolute atomic E-state index is 0.215. The molecule has 0 aliphatic rings. The number of thiazole rings is 1. The van der Waals surface area contributed by atoms with Crippen LogP contribution in [-0.2, 0) is 0 Å². The van der Waals surface area contributed by atoms with Crippen molar-refractivity contribution in [3.05, 3.63) is 106 Å². The van der Waals surface area contributed by atoms with Crippen molar-refractivity contribution in [3.63, 3.8) is 0 Å². The quantitative estimate of drug-likeness (QED) is 0.196. The molecule has 0 bridgehead atoms. The lowest BCUT2D eigenvalue weighted by molar-refractivity contribution is 0.309. The van der Waals surface area contributed by atoms with Crippen LogP contribution in [0.1, 0.15) is 32.3 Å². The van der Waals surface area contributed by atoms with Gasteiger partial charge in [-0.05, 0) is 80.1 Å². The maximum absolute atomic E-state index is 13.4. The van der Waals surface area contributed by atoms with Crippen LogP contribution in [0, 0.1) is 0 Å². The molecule has 9 heteroatoms. The predicted octanol–water partition coefficient (Wildman–Crippen LogP) is 5.80. The van der Waals surface area contributed by atoms with E-state index in [0.717, 1.165) is 52.4 Å². The molecule has 6 aromatic rings. The van der Waals surface area contributed by atoms with Gasteiger partial charge in [-0.25, -0.2) is 4.68 Å². The van der Waals surface area contributed by atoms with Crippen LogP contribution in [0.4, 0.5) is 0 Å². The lowest BCUT2D eigenvalue weighted by Crippen LogP contribution is -2.23. The van der Waals surface area contributed by atoms with Crippen LogP contribution in [0.25, 0.3) is 39.4 Å². The van der Waals surface area contributed by atoms with Crippen LogP contribution in [0.3, 0.4) is 0 Å². The minimum Gasteiger partial charge on any atom is -0.494 e. The number of fused-ring (bicyclic) bond motifs is 1. The lowest BCUT2D eigenvalue weighted by Gasteiger charge is -2.06. The Balaban J connectivity index is 1.37.